The first-order valence-electron chi connectivity index (χ1n) is 5.67. The second-order valence-corrected chi connectivity index (χ2v) is 6.50. The van der Waals surface area contributed by atoms with Crippen molar-refractivity contribution in [3.05, 3.63) is 44.9 Å². The van der Waals surface area contributed by atoms with Gasteiger partial charge in [-0.25, -0.2) is 0 Å². The van der Waals surface area contributed by atoms with E-state index in [1.165, 1.54) is 6.07 Å². The van der Waals surface area contributed by atoms with Crippen LogP contribution in [-0.2, 0) is 16.6 Å². The van der Waals surface area contributed by atoms with Gasteiger partial charge in [0.2, 0.25) is 0 Å². The minimum Gasteiger partial charge on any atom is -0.301 e. The second kappa shape index (κ2) is 5.28. The number of H-pyrrole nitrogens is 2. The van der Waals surface area contributed by atoms with E-state index in [4.69, 9.17) is 11.6 Å². The van der Waals surface area contributed by atoms with Crippen molar-refractivity contribution < 1.29 is 4.21 Å². The minimum absolute atomic E-state index is 0.0640. The van der Waals surface area contributed by atoms with E-state index in [2.05, 4.69) is 10.2 Å². The standard InChI is InChI=1S/C12H15ClN2O2S/c1-7-4-11(8(2)3-10(7)13)18(17)6-9-5-12(16)15-14-9/h3-5,8,11H,6H2,1-2H3,(H2,14,15,16). The van der Waals surface area contributed by atoms with Crippen LogP contribution < -0.4 is 5.56 Å². The highest BCUT2D eigenvalue weighted by atomic mass is 35.5. The highest BCUT2D eigenvalue weighted by Gasteiger charge is 2.25. The van der Waals surface area contributed by atoms with E-state index in [0.29, 0.717) is 11.4 Å². The van der Waals surface area contributed by atoms with E-state index >= 15 is 0 Å². The van der Waals surface area contributed by atoms with Crippen molar-refractivity contribution in [3.8, 4) is 0 Å². The molecule has 1 aliphatic rings. The van der Waals surface area contributed by atoms with Crippen molar-refractivity contribution in [2.75, 3.05) is 0 Å². The largest absolute Gasteiger partial charge is 0.301 e. The number of nitrogens with one attached hydrogen (secondary N) is 2. The van der Waals surface area contributed by atoms with Crippen LogP contribution in [0.4, 0.5) is 0 Å². The summed E-state index contributed by atoms with van der Waals surface area (Å²) >= 11 is 6.04. The third-order valence-electron chi connectivity index (χ3n) is 2.97. The quantitative estimate of drug-likeness (QED) is 0.893. The minimum atomic E-state index is -1.08. The Morgan fingerprint density at radius 2 is 2.11 bits per heavy atom. The fourth-order valence-corrected chi connectivity index (χ4v) is 3.78. The Hall–Kier alpha value is -1.07. The molecule has 3 unspecified atom stereocenters. The number of allylic oxidation sites excluding steroid dienone is 3. The van der Waals surface area contributed by atoms with Crippen LogP contribution in [0.1, 0.15) is 19.5 Å². The first-order valence-corrected chi connectivity index (χ1v) is 7.43. The van der Waals surface area contributed by atoms with Crippen molar-refractivity contribution >= 4 is 22.4 Å². The fourth-order valence-electron chi connectivity index (χ4n) is 1.95. The highest BCUT2D eigenvalue weighted by Crippen LogP contribution is 2.28. The van der Waals surface area contributed by atoms with Gasteiger partial charge in [-0.1, -0.05) is 30.7 Å². The van der Waals surface area contributed by atoms with Crippen LogP contribution in [0.2, 0.25) is 0 Å². The topological polar surface area (TPSA) is 65.7 Å². The maximum absolute atomic E-state index is 12.3. The van der Waals surface area contributed by atoms with Gasteiger partial charge in [0.05, 0.1) is 11.0 Å². The van der Waals surface area contributed by atoms with Crippen molar-refractivity contribution in [1.82, 2.24) is 10.2 Å². The van der Waals surface area contributed by atoms with E-state index in [9.17, 15) is 9.00 Å². The normalized spacial score (nSPS) is 25.5. The summed E-state index contributed by atoms with van der Waals surface area (Å²) in [5.41, 5.74) is 1.42. The molecule has 0 amide bonds. The van der Waals surface area contributed by atoms with Crippen LogP contribution in [0.3, 0.4) is 0 Å². The molecule has 1 aliphatic carbocycles. The smallest absolute Gasteiger partial charge is 0.264 e. The maximum atomic E-state index is 12.3. The Morgan fingerprint density at radius 1 is 1.39 bits per heavy atom. The predicted molar refractivity (Wildman–Crippen MR) is 73.9 cm³/mol. The van der Waals surface area contributed by atoms with Gasteiger partial charge in [-0.05, 0) is 18.4 Å². The van der Waals surface area contributed by atoms with E-state index < -0.39 is 10.8 Å². The summed E-state index contributed by atoms with van der Waals surface area (Å²) in [6, 6.07) is 1.44. The van der Waals surface area contributed by atoms with Gasteiger partial charge in [-0.3, -0.25) is 14.1 Å². The molecule has 6 heteroatoms. The molecule has 0 bridgehead atoms. The molecule has 4 nitrogen and oxygen atoms in total. The first kappa shape index (κ1) is 13.4. The Morgan fingerprint density at radius 3 is 2.72 bits per heavy atom. The number of rotatable bonds is 3. The lowest BCUT2D eigenvalue weighted by Gasteiger charge is -2.23. The maximum Gasteiger partial charge on any atom is 0.264 e. The zero-order valence-electron chi connectivity index (χ0n) is 10.2. The van der Waals surface area contributed by atoms with Crippen LogP contribution in [0.5, 0.6) is 0 Å². The average molecular weight is 287 g/mol. The molecule has 2 rings (SSSR count). The lowest BCUT2D eigenvalue weighted by molar-refractivity contribution is 0.652. The second-order valence-electron chi connectivity index (χ2n) is 4.50. The van der Waals surface area contributed by atoms with E-state index in [0.717, 1.165) is 10.6 Å². The molecule has 0 saturated heterocycles. The number of aromatic amines is 2. The molecular formula is C12H15ClN2O2S. The fraction of sp³-hybridized carbons (Fsp3) is 0.417. The Balaban J connectivity index is 2.13. The monoisotopic (exact) mass is 286 g/mol. The Kier molecular flexibility index (Phi) is 3.92. The van der Waals surface area contributed by atoms with Crippen LogP contribution in [0.15, 0.2) is 33.6 Å². The van der Waals surface area contributed by atoms with Gasteiger partial charge >= 0.3 is 0 Å². The lowest BCUT2D eigenvalue weighted by Crippen LogP contribution is -2.24. The summed E-state index contributed by atoms with van der Waals surface area (Å²) in [4.78, 5) is 11.0. The van der Waals surface area contributed by atoms with Crippen molar-refractivity contribution in [1.29, 1.82) is 0 Å². The SMILES string of the molecule is CC1=CC(S(=O)Cc2cc(=O)[nH][nH]2)C(C)C=C1Cl. The highest BCUT2D eigenvalue weighted by molar-refractivity contribution is 7.85. The van der Waals surface area contributed by atoms with Gasteiger partial charge in [-0.2, -0.15) is 0 Å². The van der Waals surface area contributed by atoms with Crippen LogP contribution in [0, 0.1) is 5.92 Å². The lowest BCUT2D eigenvalue weighted by atomic mass is 9.98. The zero-order chi connectivity index (χ0) is 13.3. The Labute approximate surface area is 113 Å². The molecule has 1 aromatic rings. The first-order chi connectivity index (χ1) is 8.47. The summed E-state index contributed by atoms with van der Waals surface area (Å²) in [5.74, 6) is 0.468. The number of aromatic nitrogens is 2. The summed E-state index contributed by atoms with van der Waals surface area (Å²) in [6.07, 6.45) is 3.88. The van der Waals surface area contributed by atoms with Crippen LogP contribution in [-0.4, -0.2) is 19.7 Å². The van der Waals surface area contributed by atoms with Gasteiger partial charge in [0.15, 0.2) is 0 Å². The number of halogens is 1. The average Bonchev–Trinajstić information content (AvgIpc) is 2.69. The van der Waals surface area contributed by atoms with Crippen molar-refractivity contribution in [3.63, 3.8) is 0 Å². The molecule has 18 heavy (non-hydrogen) atoms. The van der Waals surface area contributed by atoms with E-state index in [-0.39, 0.29) is 16.7 Å². The third kappa shape index (κ3) is 2.84. The van der Waals surface area contributed by atoms with Crippen LogP contribution >= 0.6 is 11.6 Å². The summed E-state index contributed by atoms with van der Waals surface area (Å²) in [5, 5.41) is 5.82. The van der Waals surface area contributed by atoms with Gasteiger partial charge in [0.1, 0.15) is 0 Å². The van der Waals surface area contributed by atoms with Crippen LogP contribution in [0.25, 0.3) is 0 Å². The zero-order valence-corrected chi connectivity index (χ0v) is 11.8. The molecule has 98 valence electrons. The van der Waals surface area contributed by atoms with Gasteiger partial charge in [0, 0.05) is 27.6 Å². The summed E-state index contributed by atoms with van der Waals surface area (Å²) in [7, 11) is -1.08. The molecule has 0 radical (unpaired) electrons. The van der Waals surface area contributed by atoms with Gasteiger partial charge < -0.3 is 5.10 Å². The molecule has 0 aliphatic heterocycles. The summed E-state index contributed by atoms with van der Waals surface area (Å²) < 4.78 is 12.3. The molecule has 1 heterocycles. The third-order valence-corrected chi connectivity index (χ3v) is 5.16. The summed E-state index contributed by atoms with van der Waals surface area (Å²) in [6.45, 7) is 3.90. The molecule has 0 spiro atoms. The van der Waals surface area contributed by atoms with Gasteiger partial charge in [-0.15, -0.1) is 0 Å². The number of hydrogen-bond donors (Lipinski definition) is 2. The molecular weight excluding hydrogens is 272 g/mol. The Bertz CT molecular complexity index is 585. The molecule has 3 atom stereocenters. The van der Waals surface area contributed by atoms with E-state index in [1.807, 2.05) is 26.0 Å². The molecule has 2 N–H and O–H groups in total. The van der Waals surface area contributed by atoms with Crippen molar-refractivity contribution in [2.45, 2.75) is 24.9 Å². The van der Waals surface area contributed by atoms with Crippen molar-refractivity contribution in [2.24, 2.45) is 5.92 Å². The molecule has 1 aromatic heterocycles. The number of hydrogen-bond acceptors (Lipinski definition) is 2. The molecule has 0 saturated carbocycles. The van der Waals surface area contributed by atoms with E-state index in [1.54, 1.807) is 0 Å². The molecule has 0 fully saturated rings. The predicted octanol–water partition coefficient (Wildman–Crippen LogP) is 2.04. The molecule has 0 aromatic carbocycles. The van der Waals surface area contributed by atoms with Gasteiger partial charge in [0.25, 0.3) is 5.56 Å².